The van der Waals surface area contributed by atoms with Crippen LogP contribution in [0, 0.1) is 17.6 Å². The first-order valence-electron chi connectivity index (χ1n) is 8.56. The molecular formula is C20H25F2NO. The average Bonchev–Trinajstić information content (AvgIpc) is 2.56. The van der Waals surface area contributed by atoms with E-state index < -0.39 is 11.6 Å². The fraction of sp³-hybridized carbons (Fsp3) is 0.400. The maximum Gasteiger partial charge on any atom is 0.149 e. The zero-order valence-electron chi connectivity index (χ0n) is 14.3. The van der Waals surface area contributed by atoms with Crippen molar-refractivity contribution < 1.29 is 13.9 Å². The van der Waals surface area contributed by atoms with Gasteiger partial charge in [-0.25, -0.2) is 8.78 Å². The number of unbranched alkanes of at least 4 members (excludes halogenated alkanes) is 1. The van der Waals surface area contributed by atoms with Crippen LogP contribution >= 0.6 is 0 Å². The molecule has 1 N–H and O–H groups in total. The molecule has 0 aliphatic heterocycles. The van der Waals surface area contributed by atoms with Crippen LogP contribution in [0.4, 0.5) is 20.2 Å². The Kier molecular flexibility index (Phi) is 6.59. The molecule has 0 fully saturated rings. The molecule has 1 atom stereocenters. The minimum Gasteiger partial charge on any atom is -0.508 e. The summed E-state index contributed by atoms with van der Waals surface area (Å²) in [5.41, 5.74) is 1.03. The Hall–Kier alpha value is -2.10. The quantitative estimate of drug-likeness (QED) is 0.638. The second kappa shape index (κ2) is 8.67. The van der Waals surface area contributed by atoms with Gasteiger partial charge in [-0.2, -0.15) is 0 Å². The number of aromatic hydroxyl groups is 1. The standard InChI is InChI=1S/C20H25F2NO/c1-3-5-7-15(4-2)14-23(17-8-6-9-18(24)13-17)20-11-10-16(21)12-19(20)22/h6,8-13,15,24H,3-5,7,14H2,1-2H3. The minimum absolute atomic E-state index is 0.127. The predicted molar refractivity (Wildman–Crippen MR) is 94.8 cm³/mol. The molecule has 24 heavy (non-hydrogen) atoms. The number of halogens is 2. The number of benzene rings is 2. The Balaban J connectivity index is 2.37. The van der Waals surface area contributed by atoms with Crippen molar-refractivity contribution in [3.8, 4) is 5.75 Å². The molecule has 0 spiro atoms. The van der Waals surface area contributed by atoms with Gasteiger partial charge < -0.3 is 10.0 Å². The van der Waals surface area contributed by atoms with Crippen molar-refractivity contribution >= 4 is 11.4 Å². The summed E-state index contributed by atoms with van der Waals surface area (Å²) < 4.78 is 27.6. The van der Waals surface area contributed by atoms with Crippen molar-refractivity contribution in [2.45, 2.75) is 39.5 Å². The molecule has 0 heterocycles. The van der Waals surface area contributed by atoms with Gasteiger partial charge in [-0.15, -0.1) is 0 Å². The summed E-state index contributed by atoms with van der Waals surface area (Å²) in [4.78, 5) is 1.83. The molecular weight excluding hydrogens is 308 g/mol. The van der Waals surface area contributed by atoms with Crippen LogP contribution in [-0.4, -0.2) is 11.7 Å². The van der Waals surface area contributed by atoms with Gasteiger partial charge in [0.15, 0.2) is 0 Å². The summed E-state index contributed by atoms with van der Waals surface area (Å²) in [5, 5.41) is 9.77. The predicted octanol–water partition coefficient (Wildman–Crippen LogP) is 6.02. The highest BCUT2D eigenvalue weighted by Crippen LogP contribution is 2.32. The summed E-state index contributed by atoms with van der Waals surface area (Å²) >= 11 is 0. The van der Waals surface area contributed by atoms with Gasteiger partial charge in [0.1, 0.15) is 17.4 Å². The third kappa shape index (κ3) is 4.70. The highest BCUT2D eigenvalue weighted by atomic mass is 19.1. The van der Waals surface area contributed by atoms with E-state index in [0.717, 1.165) is 31.7 Å². The van der Waals surface area contributed by atoms with Crippen LogP contribution in [0.2, 0.25) is 0 Å². The summed E-state index contributed by atoms with van der Waals surface area (Å²) in [6, 6.07) is 10.4. The van der Waals surface area contributed by atoms with Crippen LogP contribution in [0.3, 0.4) is 0 Å². The van der Waals surface area contributed by atoms with Gasteiger partial charge in [-0.3, -0.25) is 0 Å². The number of rotatable bonds is 8. The van der Waals surface area contributed by atoms with Crippen LogP contribution in [-0.2, 0) is 0 Å². The Morgan fingerprint density at radius 3 is 2.50 bits per heavy atom. The Labute approximate surface area is 142 Å². The van der Waals surface area contributed by atoms with E-state index in [1.54, 1.807) is 18.2 Å². The molecule has 130 valence electrons. The SMILES string of the molecule is CCCCC(CC)CN(c1cccc(O)c1)c1ccc(F)cc1F. The van der Waals surface area contributed by atoms with Crippen LogP contribution in [0.15, 0.2) is 42.5 Å². The monoisotopic (exact) mass is 333 g/mol. The van der Waals surface area contributed by atoms with E-state index >= 15 is 0 Å². The third-order valence-electron chi connectivity index (χ3n) is 4.33. The van der Waals surface area contributed by atoms with Crippen molar-refractivity contribution in [1.82, 2.24) is 0 Å². The van der Waals surface area contributed by atoms with Crippen LogP contribution < -0.4 is 4.90 Å². The maximum absolute atomic E-state index is 14.3. The molecule has 0 saturated heterocycles. The van der Waals surface area contributed by atoms with Gasteiger partial charge in [0.25, 0.3) is 0 Å². The van der Waals surface area contributed by atoms with E-state index in [4.69, 9.17) is 0 Å². The second-order valence-electron chi connectivity index (χ2n) is 6.14. The van der Waals surface area contributed by atoms with E-state index in [1.165, 1.54) is 12.1 Å². The first kappa shape index (κ1) is 18.2. The van der Waals surface area contributed by atoms with Gasteiger partial charge in [-0.05, 0) is 36.6 Å². The Morgan fingerprint density at radius 2 is 1.88 bits per heavy atom. The molecule has 1 unspecified atom stereocenters. The van der Waals surface area contributed by atoms with Gasteiger partial charge in [-0.1, -0.05) is 39.2 Å². The van der Waals surface area contributed by atoms with E-state index in [1.807, 2.05) is 11.0 Å². The highest BCUT2D eigenvalue weighted by molar-refractivity contribution is 5.65. The smallest absolute Gasteiger partial charge is 0.149 e. The van der Waals surface area contributed by atoms with Crippen LogP contribution in [0.1, 0.15) is 39.5 Å². The van der Waals surface area contributed by atoms with Crippen molar-refractivity contribution in [2.75, 3.05) is 11.4 Å². The molecule has 0 amide bonds. The van der Waals surface area contributed by atoms with Crippen molar-refractivity contribution in [3.05, 3.63) is 54.1 Å². The van der Waals surface area contributed by atoms with Crippen molar-refractivity contribution in [2.24, 2.45) is 5.92 Å². The number of hydrogen-bond donors (Lipinski definition) is 1. The number of nitrogens with zero attached hydrogens (tertiary/aromatic N) is 1. The molecule has 2 aromatic rings. The Bertz CT molecular complexity index is 660. The number of phenolic OH excluding ortho intramolecular Hbond substituents is 1. The third-order valence-corrected chi connectivity index (χ3v) is 4.33. The Morgan fingerprint density at radius 1 is 1.08 bits per heavy atom. The average molecular weight is 333 g/mol. The van der Waals surface area contributed by atoms with Crippen molar-refractivity contribution in [1.29, 1.82) is 0 Å². The van der Waals surface area contributed by atoms with Gasteiger partial charge in [0.2, 0.25) is 0 Å². The fourth-order valence-electron chi connectivity index (χ4n) is 2.88. The molecule has 2 nitrogen and oxygen atoms in total. The molecule has 0 aromatic heterocycles. The van der Waals surface area contributed by atoms with E-state index in [2.05, 4.69) is 13.8 Å². The number of anilines is 2. The summed E-state index contributed by atoms with van der Waals surface area (Å²) in [7, 11) is 0. The normalized spacial score (nSPS) is 12.2. The molecule has 0 aliphatic rings. The largest absolute Gasteiger partial charge is 0.508 e. The molecule has 0 bridgehead atoms. The van der Waals surface area contributed by atoms with E-state index in [9.17, 15) is 13.9 Å². The zero-order valence-corrected chi connectivity index (χ0v) is 14.3. The number of phenols is 1. The first-order chi connectivity index (χ1) is 11.5. The molecule has 0 aliphatic carbocycles. The lowest BCUT2D eigenvalue weighted by molar-refractivity contribution is 0.455. The molecule has 2 rings (SSSR count). The first-order valence-corrected chi connectivity index (χ1v) is 8.56. The topological polar surface area (TPSA) is 23.5 Å². The van der Waals surface area contributed by atoms with Crippen LogP contribution in [0.5, 0.6) is 5.75 Å². The molecule has 2 aromatic carbocycles. The minimum atomic E-state index is -0.594. The van der Waals surface area contributed by atoms with Crippen molar-refractivity contribution in [3.63, 3.8) is 0 Å². The fourth-order valence-corrected chi connectivity index (χ4v) is 2.88. The molecule has 0 saturated carbocycles. The van der Waals surface area contributed by atoms with Gasteiger partial charge in [0, 0.05) is 24.4 Å². The van der Waals surface area contributed by atoms with E-state index in [0.29, 0.717) is 23.8 Å². The lowest BCUT2D eigenvalue weighted by Crippen LogP contribution is -2.26. The zero-order chi connectivity index (χ0) is 17.5. The molecule has 0 radical (unpaired) electrons. The summed E-state index contributed by atoms with van der Waals surface area (Å²) in [5.74, 6) is -0.660. The highest BCUT2D eigenvalue weighted by Gasteiger charge is 2.19. The number of hydrogen-bond acceptors (Lipinski definition) is 2. The molecule has 4 heteroatoms. The van der Waals surface area contributed by atoms with Gasteiger partial charge in [0.05, 0.1) is 5.69 Å². The second-order valence-corrected chi connectivity index (χ2v) is 6.14. The lowest BCUT2D eigenvalue weighted by atomic mass is 9.98. The van der Waals surface area contributed by atoms with E-state index in [-0.39, 0.29) is 5.75 Å². The van der Waals surface area contributed by atoms with Crippen LogP contribution in [0.25, 0.3) is 0 Å². The maximum atomic E-state index is 14.3. The lowest BCUT2D eigenvalue weighted by Gasteiger charge is -2.29. The summed E-state index contributed by atoms with van der Waals surface area (Å²) in [6.45, 7) is 4.91. The summed E-state index contributed by atoms with van der Waals surface area (Å²) in [6.07, 6.45) is 4.29. The van der Waals surface area contributed by atoms with Gasteiger partial charge >= 0.3 is 0 Å².